The van der Waals surface area contributed by atoms with Crippen LogP contribution in [0, 0.1) is 5.92 Å². The van der Waals surface area contributed by atoms with Crippen molar-refractivity contribution in [2.75, 3.05) is 0 Å². The lowest BCUT2D eigenvalue weighted by Gasteiger charge is -1.97. The first-order valence-electron chi connectivity index (χ1n) is 3.72. The zero-order chi connectivity index (χ0) is 8.15. The molecule has 0 aromatic rings. The summed E-state index contributed by atoms with van der Waals surface area (Å²) in [4.78, 5) is 4.30. The number of hydrogen-bond donors (Lipinski definition) is 0. The third-order valence-corrected chi connectivity index (χ3v) is 0.974. The van der Waals surface area contributed by atoms with Crippen molar-refractivity contribution in [2.24, 2.45) is 10.9 Å². The van der Waals surface area contributed by atoms with Gasteiger partial charge >= 0.3 is 0 Å². The van der Waals surface area contributed by atoms with Gasteiger partial charge in [0.25, 0.3) is 0 Å². The summed E-state index contributed by atoms with van der Waals surface area (Å²) in [6.45, 7) is 10.4. The quantitative estimate of drug-likeness (QED) is 0.521. The van der Waals surface area contributed by atoms with Gasteiger partial charge < -0.3 is 0 Å². The molecule has 0 bridgehead atoms. The van der Waals surface area contributed by atoms with Crippen LogP contribution in [0.2, 0.25) is 0 Å². The SMILES string of the molecule is CC(C)=N/C(C)=C\C(C)C. The van der Waals surface area contributed by atoms with Crippen LogP contribution in [-0.2, 0) is 0 Å². The lowest BCUT2D eigenvalue weighted by molar-refractivity contribution is 0.819. The molecule has 0 fully saturated rings. The minimum Gasteiger partial charge on any atom is -0.263 e. The molecule has 0 unspecified atom stereocenters. The Labute approximate surface area is 63.9 Å². The van der Waals surface area contributed by atoms with E-state index in [2.05, 4.69) is 24.9 Å². The minimum absolute atomic E-state index is 0.600. The van der Waals surface area contributed by atoms with E-state index in [0.717, 1.165) is 11.4 Å². The monoisotopic (exact) mass is 139 g/mol. The molecular weight excluding hydrogens is 122 g/mol. The molecule has 0 radical (unpaired) electrons. The van der Waals surface area contributed by atoms with E-state index in [1.54, 1.807) is 0 Å². The Kier molecular flexibility index (Phi) is 4.01. The standard InChI is InChI=1S/C9H17N/c1-7(2)6-9(5)10-8(3)4/h6-7H,1-5H3/b9-6-. The van der Waals surface area contributed by atoms with Gasteiger partial charge in [-0.05, 0) is 26.7 Å². The molecule has 0 saturated carbocycles. The number of aliphatic imine (C=N–C) groups is 1. The second-order valence-electron chi connectivity index (χ2n) is 3.11. The summed E-state index contributed by atoms with van der Waals surface area (Å²) in [6.07, 6.45) is 2.16. The van der Waals surface area contributed by atoms with E-state index >= 15 is 0 Å². The van der Waals surface area contributed by atoms with E-state index < -0.39 is 0 Å². The molecular formula is C9H17N. The van der Waals surface area contributed by atoms with E-state index in [-0.39, 0.29) is 0 Å². The van der Waals surface area contributed by atoms with Crippen molar-refractivity contribution in [1.82, 2.24) is 0 Å². The van der Waals surface area contributed by atoms with E-state index in [4.69, 9.17) is 0 Å². The van der Waals surface area contributed by atoms with Crippen LogP contribution in [0.5, 0.6) is 0 Å². The highest BCUT2D eigenvalue weighted by Crippen LogP contribution is 2.02. The second kappa shape index (κ2) is 4.26. The molecule has 0 atom stereocenters. The Morgan fingerprint density at radius 1 is 1.20 bits per heavy atom. The smallest absolute Gasteiger partial charge is 0.0334 e. The average molecular weight is 139 g/mol. The second-order valence-corrected chi connectivity index (χ2v) is 3.11. The molecule has 0 aromatic heterocycles. The van der Waals surface area contributed by atoms with Crippen molar-refractivity contribution in [3.63, 3.8) is 0 Å². The predicted molar refractivity (Wildman–Crippen MR) is 47.4 cm³/mol. The van der Waals surface area contributed by atoms with Crippen molar-refractivity contribution in [3.05, 3.63) is 11.8 Å². The highest BCUT2D eigenvalue weighted by atomic mass is 14.7. The number of nitrogens with zero attached hydrogens (tertiary/aromatic N) is 1. The first kappa shape index (κ1) is 9.41. The highest BCUT2D eigenvalue weighted by Gasteiger charge is 1.88. The number of hydrogen-bond acceptors (Lipinski definition) is 1. The topological polar surface area (TPSA) is 12.4 Å². The van der Waals surface area contributed by atoms with Gasteiger partial charge in [0, 0.05) is 11.4 Å². The van der Waals surface area contributed by atoms with Crippen molar-refractivity contribution in [3.8, 4) is 0 Å². The average Bonchev–Trinajstić information content (AvgIpc) is 1.58. The van der Waals surface area contributed by atoms with Crippen molar-refractivity contribution >= 4 is 5.71 Å². The molecule has 10 heavy (non-hydrogen) atoms. The Balaban J connectivity index is 4.08. The highest BCUT2D eigenvalue weighted by molar-refractivity contribution is 5.80. The molecule has 0 N–H and O–H groups in total. The fraction of sp³-hybridized carbons (Fsp3) is 0.667. The van der Waals surface area contributed by atoms with Gasteiger partial charge in [-0.15, -0.1) is 0 Å². The molecule has 0 aromatic carbocycles. The van der Waals surface area contributed by atoms with Crippen LogP contribution in [0.25, 0.3) is 0 Å². The van der Waals surface area contributed by atoms with Crippen molar-refractivity contribution in [1.29, 1.82) is 0 Å². The molecule has 0 spiro atoms. The van der Waals surface area contributed by atoms with Gasteiger partial charge in [-0.1, -0.05) is 19.9 Å². The van der Waals surface area contributed by atoms with Gasteiger partial charge in [-0.25, -0.2) is 0 Å². The zero-order valence-electron chi connectivity index (χ0n) is 7.60. The fourth-order valence-corrected chi connectivity index (χ4v) is 0.872. The lowest BCUT2D eigenvalue weighted by atomic mass is 10.2. The minimum atomic E-state index is 0.600. The first-order chi connectivity index (χ1) is 4.52. The number of rotatable bonds is 2. The number of allylic oxidation sites excluding steroid dienone is 2. The predicted octanol–water partition coefficient (Wildman–Crippen LogP) is 3.03. The molecule has 0 aliphatic rings. The summed E-state index contributed by atoms with van der Waals surface area (Å²) in [5.74, 6) is 0.600. The Morgan fingerprint density at radius 2 is 1.70 bits per heavy atom. The molecule has 0 rings (SSSR count). The van der Waals surface area contributed by atoms with Crippen LogP contribution in [0.1, 0.15) is 34.6 Å². The summed E-state index contributed by atoms with van der Waals surface area (Å²) < 4.78 is 0. The molecule has 0 heterocycles. The lowest BCUT2D eigenvalue weighted by Crippen LogP contribution is -1.84. The molecule has 0 aliphatic heterocycles. The Hall–Kier alpha value is -0.590. The van der Waals surface area contributed by atoms with E-state index in [1.165, 1.54) is 0 Å². The van der Waals surface area contributed by atoms with E-state index in [1.807, 2.05) is 20.8 Å². The van der Waals surface area contributed by atoms with Crippen LogP contribution in [0.15, 0.2) is 16.8 Å². The Morgan fingerprint density at radius 3 is 2.00 bits per heavy atom. The van der Waals surface area contributed by atoms with Gasteiger partial charge in [0.15, 0.2) is 0 Å². The van der Waals surface area contributed by atoms with E-state index in [0.29, 0.717) is 5.92 Å². The van der Waals surface area contributed by atoms with Crippen LogP contribution >= 0.6 is 0 Å². The summed E-state index contributed by atoms with van der Waals surface area (Å²) in [7, 11) is 0. The summed E-state index contributed by atoms with van der Waals surface area (Å²) >= 11 is 0. The van der Waals surface area contributed by atoms with Crippen LogP contribution in [-0.4, -0.2) is 5.71 Å². The largest absolute Gasteiger partial charge is 0.263 e. The maximum atomic E-state index is 4.30. The third kappa shape index (κ3) is 5.54. The van der Waals surface area contributed by atoms with Crippen LogP contribution in [0.4, 0.5) is 0 Å². The fourth-order valence-electron chi connectivity index (χ4n) is 0.872. The van der Waals surface area contributed by atoms with Gasteiger partial charge in [-0.2, -0.15) is 0 Å². The molecule has 58 valence electrons. The molecule has 0 amide bonds. The Bertz CT molecular complexity index is 148. The van der Waals surface area contributed by atoms with Gasteiger partial charge in [0.05, 0.1) is 0 Å². The maximum absolute atomic E-state index is 4.30. The molecule has 0 aliphatic carbocycles. The molecule has 1 nitrogen and oxygen atoms in total. The first-order valence-corrected chi connectivity index (χ1v) is 3.72. The van der Waals surface area contributed by atoms with Crippen molar-refractivity contribution in [2.45, 2.75) is 34.6 Å². The molecule has 0 saturated heterocycles. The third-order valence-electron chi connectivity index (χ3n) is 0.974. The maximum Gasteiger partial charge on any atom is 0.0334 e. The summed E-state index contributed by atoms with van der Waals surface area (Å²) in [6, 6.07) is 0. The van der Waals surface area contributed by atoms with E-state index in [9.17, 15) is 0 Å². The van der Waals surface area contributed by atoms with Gasteiger partial charge in [0.1, 0.15) is 0 Å². The van der Waals surface area contributed by atoms with Gasteiger partial charge in [-0.3, -0.25) is 4.99 Å². The summed E-state index contributed by atoms with van der Waals surface area (Å²) in [5.41, 5.74) is 2.24. The normalized spacial score (nSPS) is 12.0. The summed E-state index contributed by atoms with van der Waals surface area (Å²) in [5, 5.41) is 0. The molecule has 1 heteroatoms. The van der Waals surface area contributed by atoms with Gasteiger partial charge in [0.2, 0.25) is 0 Å². The van der Waals surface area contributed by atoms with Crippen LogP contribution < -0.4 is 0 Å². The zero-order valence-corrected chi connectivity index (χ0v) is 7.60. The van der Waals surface area contributed by atoms with Crippen molar-refractivity contribution < 1.29 is 0 Å². The van der Waals surface area contributed by atoms with Crippen LogP contribution in [0.3, 0.4) is 0 Å².